The fourth-order valence-corrected chi connectivity index (χ4v) is 7.39. The quantitative estimate of drug-likeness (QED) is 0.268. The second-order valence-corrected chi connectivity index (χ2v) is 17.1. The van der Waals surface area contributed by atoms with Gasteiger partial charge in [-0.15, -0.1) is 6.58 Å². The lowest BCUT2D eigenvalue weighted by Crippen LogP contribution is -2.60. The van der Waals surface area contributed by atoms with Gasteiger partial charge in [0.1, 0.15) is 35.1 Å². The SMILES string of the molecule is C=CC1CC1(NC(=O)C1CC(Oc2nccc3cc(O)ccc23)CN1C(=O)C(NC(=O)OC(C)(C)C)C(C)(C)C)C(=O)NS(=O)(=O)C1CC1. The first-order valence-electron chi connectivity index (χ1n) is 16.3. The predicted octanol–water partition coefficient (Wildman–Crippen LogP) is 2.90. The van der Waals surface area contributed by atoms with E-state index >= 15 is 0 Å². The average Bonchev–Trinajstić information content (AvgIpc) is 3.91. The first-order valence-corrected chi connectivity index (χ1v) is 17.8. The number of phenols is 1. The molecule has 266 valence electrons. The fourth-order valence-electron chi connectivity index (χ4n) is 6.02. The van der Waals surface area contributed by atoms with E-state index in [2.05, 4.69) is 26.9 Å². The van der Waals surface area contributed by atoms with Crippen molar-refractivity contribution in [2.24, 2.45) is 11.3 Å². The van der Waals surface area contributed by atoms with E-state index in [-0.39, 0.29) is 31.0 Å². The van der Waals surface area contributed by atoms with Gasteiger partial charge in [0.15, 0.2) is 0 Å². The molecule has 2 saturated carbocycles. The van der Waals surface area contributed by atoms with Gasteiger partial charge in [-0.3, -0.25) is 19.1 Å². The number of hydrogen-bond donors (Lipinski definition) is 4. The van der Waals surface area contributed by atoms with E-state index in [0.29, 0.717) is 23.6 Å². The molecule has 2 aromatic rings. The number of ether oxygens (including phenoxy) is 2. The van der Waals surface area contributed by atoms with Gasteiger partial charge < -0.3 is 30.1 Å². The summed E-state index contributed by atoms with van der Waals surface area (Å²) in [7, 11) is -3.90. The Bertz CT molecular complexity index is 1780. The van der Waals surface area contributed by atoms with Crippen LogP contribution in [0.3, 0.4) is 0 Å². The molecule has 0 spiro atoms. The van der Waals surface area contributed by atoms with E-state index in [9.17, 15) is 32.7 Å². The highest BCUT2D eigenvalue weighted by molar-refractivity contribution is 7.91. The summed E-state index contributed by atoms with van der Waals surface area (Å²) in [5.41, 5.74) is -3.22. The fraction of sp³-hybridized carbons (Fsp3) is 0.559. The molecule has 5 unspecified atom stereocenters. The van der Waals surface area contributed by atoms with Crippen LogP contribution < -0.4 is 20.1 Å². The number of benzene rings is 1. The number of nitrogens with one attached hydrogen (secondary N) is 3. The van der Waals surface area contributed by atoms with Crippen LogP contribution in [0.25, 0.3) is 10.8 Å². The minimum atomic E-state index is -3.90. The predicted molar refractivity (Wildman–Crippen MR) is 180 cm³/mol. The molecule has 1 aromatic carbocycles. The zero-order valence-corrected chi connectivity index (χ0v) is 29.4. The summed E-state index contributed by atoms with van der Waals surface area (Å²) in [6, 6.07) is 4.11. The summed E-state index contributed by atoms with van der Waals surface area (Å²) < 4.78 is 39.1. The van der Waals surface area contributed by atoms with Gasteiger partial charge in [0, 0.05) is 23.9 Å². The summed E-state index contributed by atoms with van der Waals surface area (Å²) >= 11 is 0. The lowest BCUT2D eigenvalue weighted by Gasteiger charge is -2.36. The van der Waals surface area contributed by atoms with Gasteiger partial charge in [-0.1, -0.05) is 26.8 Å². The minimum Gasteiger partial charge on any atom is -0.508 e. The Morgan fingerprint density at radius 3 is 2.41 bits per heavy atom. The van der Waals surface area contributed by atoms with Crippen molar-refractivity contribution in [3.8, 4) is 11.6 Å². The van der Waals surface area contributed by atoms with Crippen molar-refractivity contribution in [1.29, 1.82) is 0 Å². The third kappa shape index (κ3) is 7.92. The van der Waals surface area contributed by atoms with Crippen molar-refractivity contribution >= 4 is 44.6 Å². The number of carbonyl (C=O) groups excluding carboxylic acids is 4. The summed E-state index contributed by atoms with van der Waals surface area (Å²) in [5.74, 6) is -2.37. The van der Waals surface area contributed by atoms with Gasteiger partial charge in [0.25, 0.3) is 5.91 Å². The third-order valence-electron chi connectivity index (χ3n) is 8.86. The molecule has 1 aromatic heterocycles. The molecule has 0 bridgehead atoms. The largest absolute Gasteiger partial charge is 0.508 e. The number of fused-ring (bicyclic) bond motifs is 1. The van der Waals surface area contributed by atoms with Crippen molar-refractivity contribution in [2.75, 3.05) is 6.54 Å². The van der Waals surface area contributed by atoms with E-state index in [1.165, 1.54) is 23.2 Å². The van der Waals surface area contributed by atoms with Crippen molar-refractivity contribution in [1.82, 2.24) is 25.2 Å². The normalized spacial score (nSPS) is 24.4. The average molecular weight is 700 g/mol. The molecule has 2 aliphatic carbocycles. The van der Waals surface area contributed by atoms with Crippen LogP contribution in [0, 0.1) is 11.3 Å². The topological polar surface area (TPSA) is 193 Å². The summed E-state index contributed by atoms with van der Waals surface area (Å²) in [6.45, 7) is 14.1. The van der Waals surface area contributed by atoms with Crippen molar-refractivity contribution < 1.29 is 42.2 Å². The number of amides is 4. The van der Waals surface area contributed by atoms with Crippen molar-refractivity contribution in [3.63, 3.8) is 0 Å². The van der Waals surface area contributed by atoms with Crippen LogP contribution in [0.2, 0.25) is 0 Å². The summed E-state index contributed by atoms with van der Waals surface area (Å²) in [4.78, 5) is 60.4. The molecule has 1 aliphatic heterocycles. The molecule has 49 heavy (non-hydrogen) atoms. The van der Waals surface area contributed by atoms with Crippen LogP contribution in [-0.2, 0) is 29.1 Å². The maximum atomic E-state index is 14.4. The Kier molecular flexibility index (Phi) is 9.38. The molecule has 5 rings (SSSR count). The smallest absolute Gasteiger partial charge is 0.408 e. The van der Waals surface area contributed by atoms with E-state index in [4.69, 9.17) is 9.47 Å². The van der Waals surface area contributed by atoms with Crippen molar-refractivity contribution in [2.45, 2.75) is 102 Å². The number of carbonyl (C=O) groups is 4. The number of phenolic OH excluding ortho intramolecular Hbond substituents is 1. The molecule has 3 aliphatic rings. The molecule has 14 nitrogen and oxygen atoms in total. The number of hydrogen-bond acceptors (Lipinski definition) is 10. The van der Waals surface area contributed by atoms with Crippen LogP contribution in [0.4, 0.5) is 4.79 Å². The third-order valence-corrected chi connectivity index (χ3v) is 10.7. The van der Waals surface area contributed by atoms with Gasteiger partial charge >= 0.3 is 6.09 Å². The highest BCUT2D eigenvalue weighted by atomic mass is 32.2. The lowest BCUT2D eigenvalue weighted by atomic mass is 9.85. The van der Waals surface area contributed by atoms with E-state index in [0.717, 1.165) is 0 Å². The number of pyridine rings is 1. The van der Waals surface area contributed by atoms with Crippen LogP contribution in [-0.4, -0.2) is 88.3 Å². The van der Waals surface area contributed by atoms with Gasteiger partial charge in [0.05, 0.1) is 11.8 Å². The van der Waals surface area contributed by atoms with Crippen LogP contribution in [0.1, 0.15) is 67.2 Å². The number of likely N-dealkylation sites (tertiary alicyclic amines) is 1. The first kappa shape index (κ1) is 35.9. The Labute approximate surface area is 286 Å². The molecule has 4 N–H and O–H groups in total. The number of aromatic hydroxyl groups is 1. The van der Waals surface area contributed by atoms with Gasteiger partial charge in [-0.25, -0.2) is 18.2 Å². The Hall–Kier alpha value is -4.40. The number of sulfonamides is 1. The highest BCUT2D eigenvalue weighted by Gasteiger charge is 2.62. The van der Waals surface area contributed by atoms with E-state index < -0.39 is 79.7 Å². The number of nitrogens with zero attached hydrogens (tertiary/aromatic N) is 2. The zero-order chi connectivity index (χ0) is 36.1. The number of rotatable bonds is 10. The molecule has 0 radical (unpaired) electrons. The van der Waals surface area contributed by atoms with E-state index in [1.807, 2.05) is 0 Å². The molecular formula is C34H45N5O9S. The molecule has 15 heteroatoms. The Balaban J connectivity index is 1.44. The summed E-state index contributed by atoms with van der Waals surface area (Å²) in [6.07, 6.45) is 2.47. The maximum Gasteiger partial charge on any atom is 0.408 e. The molecule has 2 heterocycles. The zero-order valence-electron chi connectivity index (χ0n) is 28.6. The Morgan fingerprint density at radius 1 is 1.12 bits per heavy atom. The van der Waals surface area contributed by atoms with Gasteiger partial charge in [-0.05, 0) is 75.1 Å². The monoisotopic (exact) mass is 699 g/mol. The first-order chi connectivity index (χ1) is 22.7. The molecule has 5 atom stereocenters. The van der Waals surface area contributed by atoms with Gasteiger partial charge in [-0.2, -0.15) is 0 Å². The molecule has 4 amide bonds. The maximum absolute atomic E-state index is 14.4. The summed E-state index contributed by atoms with van der Waals surface area (Å²) in [5, 5.41) is 16.0. The number of alkyl carbamates (subject to hydrolysis) is 1. The highest BCUT2D eigenvalue weighted by Crippen LogP contribution is 2.45. The van der Waals surface area contributed by atoms with Crippen LogP contribution >= 0.6 is 0 Å². The van der Waals surface area contributed by atoms with Crippen LogP contribution in [0.15, 0.2) is 43.1 Å². The van der Waals surface area contributed by atoms with Crippen LogP contribution in [0.5, 0.6) is 11.6 Å². The standard InChI is InChI=1S/C34H45N5O9S/c1-8-20-17-34(20,30(43)38-49(45,46)23-10-11-23)37-27(41)25-16-22(47-28-24-12-9-21(40)15-19(24)13-14-35-28)18-39(25)29(42)26(32(2,3)4)36-31(44)48-33(5,6)7/h8-9,12-15,20,22-23,25-26,40H,1,10-11,16-18H2,2-7H3,(H,36,44)(H,37,41)(H,38,43). The molecule has 3 fully saturated rings. The van der Waals surface area contributed by atoms with Crippen molar-refractivity contribution in [3.05, 3.63) is 43.1 Å². The molecular weight excluding hydrogens is 654 g/mol. The minimum absolute atomic E-state index is 0.00610. The van der Waals surface area contributed by atoms with E-state index in [1.54, 1.807) is 59.7 Å². The Morgan fingerprint density at radius 2 is 1.82 bits per heavy atom. The molecule has 1 saturated heterocycles. The number of aromatic nitrogens is 1. The van der Waals surface area contributed by atoms with Gasteiger partial charge in [0.2, 0.25) is 27.7 Å². The lowest BCUT2D eigenvalue weighted by molar-refractivity contribution is -0.143. The second-order valence-electron chi connectivity index (χ2n) is 15.1. The second kappa shape index (κ2) is 12.8.